The second-order valence-electron chi connectivity index (χ2n) is 3.99. The molecule has 0 fully saturated rings. The summed E-state index contributed by atoms with van der Waals surface area (Å²) in [5, 5.41) is 10.8. The predicted molar refractivity (Wildman–Crippen MR) is 62.3 cm³/mol. The van der Waals surface area contributed by atoms with Crippen LogP contribution in [0.3, 0.4) is 0 Å². The first-order valence-corrected chi connectivity index (χ1v) is 5.73. The van der Waals surface area contributed by atoms with Crippen molar-refractivity contribution in [1.82, 2.24) is 0 Å². The zero-order valence-corrected chi connectivity index (χ0v) is 9.92. The summed E-state index contributed by atoms with van der Waals surface area (Å²) in [4.78, 5) is 21.7. The summed E-state index contributed by atoms with van der Waals surface area (Å²) in [6, 6.07) is 4.61. The molecule has 0 saturated carbocycles. The molecule has 0 radical (unpaired) electrons. The fourth-order valence-electron chi connectivity index (χ4n) is 1.86. The lowest BCUT2D eigenvalue weighted by Gasteiger charge is -2.10. The summed E-state index contributed by atoms with van der Waals surface area (Å²) in [6.45, 7) is 2.01. The van der Waals surface area contributed by atoms with Crippen LogP contribution in [-0.4, -0.2) is 17.5 Å². The summed E-state index contributed by atoms with van der Waals surface area (Å²) in [7, 11) is 0. The van der Waals surface area contributed by atoms with Gasteiger partial charge in [-0.15, -0.1) is 0 Å². The number of carbonyl (C=O) groups excluding carboxylic acids is 1. The van der Waals surface area contributed by atoms with Gasteiger partial charge in [-0.2, -0.15) is 0 Å². The molecular formula is C12H13NO5. The van der Waals surface area contributed by atoms with Gasteiger partial charge in [-0.25, -0.2) is 0 Å². The van der Waals surface area contributed by atoms with Crippen molar-refractivity contribution in [2.24, 2.45) is 0 Å². The molecule has 0 N–H and O–H groups in total. The van der Waals surface area contributed by atoms with E-state index >= 15 is 0 Å². The van der Waals surface area contributed by atoms with E-state index in [1.165, 1.54) is 6.07 Å². The molecule has 1 unspecified atom stereocenters. The van der Waals surface area contributed by atoms with Gasteiger partial charge < -0.3 is 9.47 Å². The molecule has 6 heteroatoms. The Hall–Kier alpha value is -2.11. The fraction of sp³-hybridized carbons (Fsp3) is 0.417. The van der Waals surface area contributed by atoms with Crippen LogP contribution < -0.4 is 4.74 Å². The zero-order chi connectivity index (χ0) is 13.1. The van der Waals surface area contributed by atoms with Gasteiger partial charge in [-0.3, -0.25) is 14.9 Å². The van der Waals surface area contributed by atoms with E-state index in [0.29, 0.717) is 18.4 Å². The molecule has 1 aliphatic rings. The Morgan fingerprint density at radius 1 is 1.61 bits per heavy atom. The highest BCUT2D eigenvalue weighted by molar-refractivity contribution is 5.70. The maximum absolute atomic E-state index is 11.4. The summed E-state index contributed by atoms with van der Waals surface area (Å²) < 4.78 is 10.5. The fourth-order valence-corrected chi connectivity index (χ4v) is 1.86. The third kappa shape index (κ3) is 2.27. The quantitative estimate of drug-likeness (QED) is 0.466. The van der Waals surface area contributed by atoms with E-state index in [0.717, 1.165) is 0 Å². The molecule has 1 aromatic rings. The van der Waals surface area contributed by atoms with E-state index in [1.54, 1.807) is 12.1 Å². The molecule has 0 aromatic heterocycles. The molecule has 2 rings (SSSR count). The number of hydrogen-bond donors (Lipinski definition) is 0. The number of fused-ring (bicyclic) bond motifs is 1. The SMILES string of the molecule is CCCC(=O)OC1COc2c1cccc2[N+](=O)[O-]. The molecule has 1 aromatic carbocycles. The molecule has 0 aliphatic carbocycles. The molecule has 0 spiro atoms. The van der Waals surface area contributed by atoms with Gasteiger partial charge in [0.2, 0.25) is 5.75 Å². The van der Waals surface area contributed by atoms with Crippen LogP contribution in [0.25, 0.3) is 0 Å². The number of para-hydroxylation sites is 1. The molecule has 96 valence electrons. The second kappa shape index (κ2) is 5.03. The van der Waals surface area contributed by atoms with Gasteiger partial charge in [-0.05, 0) is 6.42 Å². The predicted octanol–water partition coefficient (Wildman–Crippen LogP) is 2.37. The minimum Gasteiger partial charge on any atom is -0.482 e. The average molecular weight is 251 g/mol. The molecule has 18 heavy (non-hydrogen) atoms. The van der Waals surface area contributed by atoms with E-state index < -0.39 is 11.0 Å². The smallest absolute Gasteiger partial charge is 0.311 e. The van der Waals surface area contributed by atoms with Crippen molar-refractivity contribution >= 4 is 11.7 Å². The van der Waals surface area contributed by atoms with E-state index in [9.17, 15) is 14.9 Å². The third-order valence-corrected chi connectivity index (χ3v) is 2.68. The normalized spacial score (nSPS) is 16.8. The van der Waals surface area contributed by atoms with E-state index in [1.807, 2.05) is 6.92 Å². The Morgan fingerprint density at radius 3 is 3.06 bits per heavy atom. The van der Waals surface area contributed by atoms with Crippen LogP contribution in [0.15, 0.2) is 18.2 Å². The highest BCUT2D eigenvalue weighted by Crippen LogP contribution is 2.41. The van der Waals surface area contributed by atoms with Gasteiger partial charge in [0.05, 0.1) is 4.92 Å². The molecule has 1 heterocycles. The number of nitrogens with zero attached hydrogens (tertiary/aromatic N) is 1. The Labute approximate surface area is 104 Å². The first-order valence-electron chi connectivity index (χ1n) is 5.73. The summed E-state index contributed by atoms with van der Waals surface area (Å²) in [5.74, 6) is -0.109. The van der Waals surface area contributed by atoms with Crippen molar-refractivity contribution in [3.05, 3.63) is 33.9 Å². The molecule has 1 atom stereocenters. The molecule has 0 saturated heterocycles. The topological polar surface area (TPSA) is 78.7 Å². The lowest BCUT2D eigenvalue weighted by molar-refractivity contribution is -0.385. The Bertz CT molecular complexity index is 485. The molecular weight excluding hydrogens is 238 g/mol. The largest absolute Gasteiger partial charge is 0.482 e. The first-order chi connectivity index (χ1) is 8.63. The van der Waals surface area contributed by atoms with Crippen LogP contribution in [0, 0.1) is 10.1 Å². The number of hydrogen-bond acceptors (Lipinski definition) is 5. The number of benzene rings is 1. The third-order valence-electron chi connectivity index (χ3n) is 2.68. The Balaban J connectivity index is 2.21. The second-order valence-corrected chi connectivity index (χ2v) is 3.99. The molecule has 0 amide bonds. The zero-order valence-electron chi connectivity index (χ0n) is 9.92. The maximum atomic E-state index is 11.4. The monoisotopic (exact) mass is 251 g/mol. The number of carbonyl (C=O) groups is 1. The summed E-state index contributed by atoms with van der Waals surface area (Å²) >= 11 is 0. The standard InChI is InChI=1S/C12H13NO5/c1-2-4-11(14)18-10-7-17-12-8(10)5-3-6-9(12)13(15)16/h3,5-6,10H,2,4,7H2,1H3. The van der Waals surface area contributed by atoms with Gasteiger partial charge in [-0.1, -0.05) is 19.1 Å². The highest BCUT2D eigenvalue weighted by atomic mass is 16.6. The van der Waals surface area contributed by atoms with E-state index in [4.69, 9.17) is 9.47 Å². The van der Waals surface area contributed by atoms with Crippen molar-refractivity contribution in [3.8, 4) is 5.75 Å². The molecule has 6 nitrogen and oxygen atoms in total. The minimum absolute atomic E-state index is 0.0958. The summed E-state index contributed by atoms with van der Waals surface area (Å²) in [6.07, 6.45) is 0.494. The maximum Gasteiger partial charge on any atom is 0.311 e. The number of rotatable bonds is 4. The van der Waals surface area contributed by atoms with Crippen molar-refractivity contribution in [2.45, 2.75) is 25.9 Å². The van der Waals surface area contributed by atoms with Gasteiger partial charge in [0.1, 0.15) is 6.61 Å². The van der Waals surface area contributed by atoms with Gasteiger partial charge in [0.25, 0.3) is 0 Å². The average Bonchev–Trinajstić information content (AvgIpc) is 2.72. The number of nitro benzene ring substituents is 1. The number of nitro groups is 1. The first kappa shape index (κ1) is 12.3. The van der Waals surface area contributed by atoms with Crippen molar-refractivity contribution in [2.75, 3.05) is 6.61 Å². The summed E-state index contributed by atoms with van der Waals surface area (Å²) in [5.41, 5.74) is 0.468. The molecule has 0 bridgehead atoms. The number of ether oxygens (including phenoxy) is 2. The van der Waals surface area contributed by atoms with Gasteiger partial charge >= 0.3 is 11.7 Å². The number of esters is 1. The Morgan fingerprint density at radius 2 is 2.39 bits per heavy atom. The van der Waals surface area contributed by atoms with Crippen molar-refractivity contribution < 1.29 is 19.2 Å². The van der Waals surface area contributed by atoms with Crippen LogP contribution in [0.2, 0.25) is 0 Å². The van der Waals surface area contributed by atoms with Crippen molar-refractivity contribution in [3.63, 3.8) is 0 Å². The highest BCUT2D eigenvalue weighted by Gasteiger charge is 2.33. The van der Waals surface area contributed by atoms with Crippen LogP contribution in [0.5, 0.6) is 5.75 Å². The van der Waals surface area contributed by atoms with E-state index in [-0.39, 0.29) is 24.0 Å². The lowest BCUT2D eigenvalue weighted by Crippen LogP contribution is -2.12. The van der Waals surface area contributed by atoms with E-state index in [2.05, 4.69) is 0 Å². The van der Waals surface area contributed by atoms with Crippen LogP contribution in [-0.2, 0) is 9.53 Å². The van der Waals surface area contributed by atoms with Crippen molar-refractivity contribution in [1.29, 1.82) is 0 Å². The van der Waals surface area contributed by atoms with Crippen LogP contribution >= 0.6 is 0 Å². The van der Waals surface area contributed by atoms with Crippen LogP contribution in [0.1, 0.15) is 31.4 Å². The molecule has 1 aliphatic heterocycles. The minimum atomic E-state index is -0.543. The Kier molecular flexibility index (Phi) is 3.45. The van der Waals surface area contributed by atoms with Crippen LogP contribution in [0.4, 0.5) is 5.69 Å². The van der Waals surface area contributed by atoms with Gasteiger partial charge in [0.15, 0.2) is 6.10 Å². The lowest BCUT2D eigenvalue weighted by atomic mass is 10.1. The van der Waals surface area contributed by atoms with Gasteiger partial charge in [0, 0.05) is 18.1 Å².